The maximum Gasteiger partial charge on any atom is 0.407 e. The second-order valence-electron chi connectivity index (χ2n) is 8.49. The molecule has 10 nitrogen and oxygen atoms in total. The predicted molar refractivity (Wildman–Crippen MR) is 136 cm³/mol. The van der Waals surface area contributed by atoms with Crippen LogP contribution in [0.3, 0.4) is 0 Å². The fourth-order valence-electron chi connectivity index (χ4n) is 2.46. The van der Waals surface area contributed by atoms with Gasteiger partial charge in [0.2, 0.25) is 5.88 Å². The van der Waals surface area contributed by atoms with Gasteiger partial charge in [-0.2, -0.15) is 0 Å². The van der Waals surface area contributed by atoms with Crippen molar-refractivity contribution in [3.05, 3.63) is 41.4 Å². The van der Waals surface area contributed by atoms with Gasteiger partial charge in [-0.05, 0) is 52.1 Å². The lowest BCUT2D eigenvalue weighted by molar-refractivity contribution is 0.0529. The number of carbonyl (C=O) groups excluding carboxylic acids is 1. The van der Waals surface area contributed by atoms with Gasteiger partial charge >= 0.3 is 6.09 Å². The van der Waals surface area contributed by atoms with E-state index >= 15 is 0 Å². The van der Waals surface area contributed by atoms with Crippen LogP contribution in [0.1, 0.15) is 53.5 Å². The molecule has 11 heteroatoms. The number of nitrogens with two attached hydrogens (primary N) is 1. The molecule has 0 fully saturated rings. The Morgan fingerprint density at radius 1 is 1.24 bits per heavy atom. The van der Waals surface area contributed by atoms with E-state index in [4.69, 9.17) is 26.0 Å². The number of aliphatic imine (C=N–C) groups is 2. The summed E-state index contributed by atoms with van der Waals surface area (Å²) in [5.74, 6) is -0.859. The summed E-state index contributed by atoms with van der Waals surface area (Å²) in [5, 5.41) is 18.5. The van der Waals surface area contributed by atoms with Gasteiger partial charge < -0.3 is 20.5 Å². The minimum absolute atomic E-state index is 0.000823. The van der Waals surface area contributed by atoms with Crippen LogP contribution in [0.15, 0.2) is 50.7 Å². The lowest BCUT2D eigenvalue weighted by Gasteiger charge is -2.19. The van der Waals surface area contributed by atoms with Crippen LogP contribution < -0.4 is 11.1 Å². The average Bonchev–Trinajstić information content (AvgIpc) is 2.74. The van der Waals surface area contributed by atoms with Crippen molar-refractivity contribution in [3.8, 4) is 0 Å². The van der Waals surface area contributed by atoms with E-state index in [1.54, 1.807) is 52.0 Å². The van der Waals surface area contributed by atoms with Crippen molar-refractivity contribution < 1.29 is 18.5 Å². The molecule has 0 radical (unpaired) electrons. The Hall–Kier alpha value is -3.34. The molecule has 5 N–H and O–H groups in total. The van der Waals surface area contributed by atoms with Crippen LogP contribution >= 0.6 is 0 Å². The van der Waals surface area contributed by atoms with Crippen molar-refractivity contribution in [1.82, 2.24) is 5.32 Å². The number of amides is 1. The second kappa shape index (κ2) is 12.8. The van der Waals surface area contributed by atoms with Crippen LogP contribution in [0, 0.1) is 10.8 Å². The number of nitrogens with zero attached hydrogens (tertiary/aromatic N) is 2. The van der Waals surface area contributed by atoms with Crippen LogP contribution in [0.25, 0.3) is 0 Å². The topological polar surface area (TPSA) is 163 Å². The largest absolute Gasteiger partial charge is 0.444 e. The first kappa shape index (κ1) is 28.7. The third-order valence-electron chi connectivity index (χ3n) is 4.08. The fraction of sp³-hybridized carbons (Fsp3) is 0.435. The van der Waals surface area contributed by atoms with E-state index in [-0.39, 0.29) is 41.5 Å². The molecule has 1 aromatic rings. The van der Waals surface area contributed by atoms with Crippen LogP contribution in [-0.4, -0.2) is 51.9 Å². The Balaban J connectivity index is 2.95. The number of hydrogen-bond donors (Lipinski definition) is 4. The molecule has 0 spiro atoms. The summed E-state index contributed by atoms with van der Waals surface area (Å²) in [5.41, 5.74) is 6.48. The highest BCUT2D eigenvalue weighted by Crippen LogP contribution is 2.15. The van der Waals surface area contributed by atoms with E-state index in [1.807, 2.05) is 13.8 Å². The summed E-state index contributed by atoms with van der Waals surface area (Å²) in [6, 6.07) is 7.08. The molecule has 0 aromatic heterocycles. The Kier molecular flexibility index (Phi) is 10.8. The highest BCUT2D eigenvalue weighted by Gasteiger charge is 2.17. The van der Waals surface area contributed by atoms with E-state index in [2.05, 4.69) is 22.0 Å². The van der Waals surface area contributed by atoms with Crippen LogP contribution in [0.5, 0.6) is 0 Å². The third kappa shape index (κ3) is 9.65. The van der Waals surface area contributed by atoms with Gasteiger partial charge in [-0.25, -0.2) is 14.8 Å². The SMILES string of the molecule is C=NC(=N)C(N=C(C)c1ccc(S(=O)C(C)C)cc1)=C(N)OC(=N)CCNC(=O)OC(C)(C)C. The van der Waals surface area contributed by atoms with Gasteiger partial charge in [0.25, 0.3) is 0 Å². The van der Waals surface area contributed by atoms with Crippen molar-refractivity contribution in [2.45, 2.75) is 63.7 Å². The molecule has 1 amide bonds. The molecule has 34 heavy (non-hydrogen) atoms. The number of hydrogen-bond acceptors (Lipinski definition) is 8. The average molecular weight is 491 g/mol. The summed E-state index contributed by atoms with van der Waals surface area (Å²) >= 11 is 0. The maximum atomic E-state index is 12.2. The zero-order chi connectivity index (χ0) is 26.1. The molecule has 186 valence electrons. The molecule has 0 saturated heterocycles. The van der Waals surface area contributed by atoms with Crippen LogP contribution in [0.2, 0.25) is 0 Å². The first-order chi connectivity index (χ1) is 15.7. The second-order valence-corrected chi connectivity index (χ2v) is 10.5. The Morgan fingerprint density at radius 2 is 1.82 bits per heavy atom. The van der Waals surface area contributed by atoms with Gasteiger partial charge in [0, 0.05) is 28.8 Å². The Bertz CT molecular complexity index is 1010. The third-order valence-corrected chi connectivity index (χ3v) is 5.67. The molecule has 0 aliphatic carbocycles. The number of nitrogens with one attached hydrogen (secondary N) is 3. The van der Waals surface area contributed by atoms with Gasteiger partial charge in [0.15, 0.2) is 17.4 Å². The molecule has 1 unspecified atom stereocenters. The van der Waals surface area contributed by atoms with Gasteiger partial charge in [-0.3, -0.25) is 15.0 Å². The monoisotopic (exact) mass is 490 g/mol. The highest BCUT2D eigenvalue weighted by atomic mass is 32.2. The zero-order valence-electron chi connectivity index (χ0n) is 20.5. The number of rotatable bonds is 9. The number of amidine groups is 1. The number of ether oxygens (including phenoxy) is 2. The maximum absolute atomic E-state index is 12.2. The first-order valence-electron chi connectivity index (χ1n) is 10.6. The van der Waals surface area contributed by atoms with Crippen molar-refractivity contribution in [3.63, 3.8) is 0 Å². The van der Waals surface area contributed by atoms with Gasteiger partial charge in [0.05, 0.1) is 10.8 Å². The number of carbonyl (C=O) groups is 1. The standard InChI is InChI=1S/C23H34N6O4S/c1-14(2)34(31)17-10-8-16(9-11-17)15(3)29-19(20(25)27-7)21(26)32-18(24)12-13-28-22(30)33-23(4,5)6/h8-11,14,24-25H,7,12-13,26H2,1-6H3,(H,28,30). The van der Waals surface area contributed by atoms with Gasteiger partial charge in [-0.15, -0.1) is 0 Å². The summed E-state index contributed by atoms with van der Waals surface area (Å²) in [6.45, 7) is 14.2. The molecule has 1 atom stereocenters. The Labute approximate surface area is 203 Å². The molecular formula is C23H34N6O4S. The smallest absolute Gasteiger partial charge is 0.407 e. The van der Waals surface area contributed by atoms with Crippen LogP contribution in [0.4, 0.5) is 4.79 Å². The molecule has 0 heterocycles. The van der Waals surface area contributed by atoms with E-state index in [0.29, 0.717) is 10.6 Å². The Morgan fingerprint density at radius 3 is 2.32 bits per heavy atom. The minimum atomic E-state index is -1.11. The summed E-state index contributed by atoms with van der Waals surface area (Å²) in [7, 11) is -1.11. The highest BCUT2D eigenvalue weighted by molar-refractivity contribution is 7.85. The number of alkyl carbamates (subject to hydrolysis) is 1. The van der Waals surface area contributed by atoms with Crippen molar-refractivity contribution >= 4 is 41.1 Å². The molecule has 0 aliphatic heterocycles. The van der Waals surface area contributed by atoms with Crippen molar-refractivity contribution in [2.24, 2.45) is 15.7 Å². The van der Waals surface area contributed by atoms with Crippen molar-refractivity contribution in [1.29, 1.82) is 10.8 Å². The molecular weight excluding hydrogens is 456 g/mol. The predicted octanol–water partition coefficient (Wildman–Crippen LogP) is 3.73. The molecule has 0 aliphatic rings. The summed E-state index contributed by atoms with van der Waals surface area (Å²) in [6.07, 6.45) is -0.565. The zero-order valence-corrected chi connectivity index (χ0v) is 21.3. The normalized spacial score (nSPS) is 13.6. The quantitative estimate of drug-likeness (QED) is 0.235. The van der Waals surface area contributed by atoms with E-state index in [0.717, 1.165) is 5.56 Å². The van der Waals surface area contributed by atoms with E-state index in [9.17, 15) is 9.00 Å². The summed E-state index contributed by atoms with van der Waals surface area (Å²) in [4.78, 5) is 20.3. The fourth-order valence-corrected chi connectivity index (χ4v) is 3.41. The van der Waals surface area contributed by atoms with E-state index in [1.165, 1.54) is 0 Å². The number of benzene rings is 1. The van der Waals surface area contributed by atoms with E-state index < -0.39 is 22.5 Å². The molecule has 0 saturated carbocycles. The lowest BCUT2D eigenvalue weighted by atomic mass is 10.1. The summed E-state index contributed by atoms with van der Waals surface area (Å²) < 4.78 is 22.7. The molecule has 1 rings (SSSR count). The van der Waals surface area contributed by atoms with Crippen LogP contribution in [-0.2, 0) is 20.3 Å². The lowest BCUT2D eigenvalue weighted by Crippen LogP contribution is -2.33. The molecule has 1 aromatic carbocycles. The molecule has 0 bridgehead atoms. The van der Waals surface area contributed by atoms with Crippen molar-refractivity contribution in [2.75, 3.05) is 6.54 Å². The minimum Gasteiger partial charge on any atom is -0.444 e. The van der Waals surface area contributed by atoms with Gasteiger partial charge in [-0.1, -0.05) is 26.0 Å². The first-order valence-corrected chi connectivity index (χ1v) is 11.8. The van der Waals surface area contributed by atoms with Gasteiger partial charge in [0.1, 0.15) is 5.60 Å².